The van der Waals surface area contributed by atoms with E-state index in [1.54, 1.807) is 49.5 Å². The molecular formula is C24H23N7O3. The van der Waals surface area contributed by atoms with Crippen LogP contribution in [-0.2, 0) is 18.5 Å². The Labute approximate surface area is 196 Å². The summed E-state index contributed by atoms with van der Waals surface area (Å²) in [6.07, 6.45) is 0. The highest BCUT2D eigenvalue weighted by molar-refractivity contribution is 6.10. The van der Waals surface area contributed by atoms with Gasteiger partial charge in [-0.3, -0.25) is 4.79 Å². The van der Waals surface area contributed by atoms with Crippen LogP contribution in [-0.4, -0.2) is 43.4 Å². The second kappa shape index (κ2) is 10.8. The van der Waals surface area contributed by atoms with E-state index in [0.29, 0.717) is 41.0 Å². The molecule has 2 aromatic carbocycles. The zero-order valence-corrected chi connectivity index (χ0v) is 18.8. The first-order chi connectivity index (χ1) is 16.6. The number of rotatable bonds is 9. The van der Waals surface area contributed by atoms with Crippen molar-refractivity contribution in [3.63, 3.8) is 0 Å². The number of ether oxygens (including phenoxy) is 1. The zero-order chi connectivity index (χ0) is 23.8. The lowest BCUT2D eigenvalue weighted by atomic mass is 10.1. The normalized spacial score (nSPS) is 11.2. The van der Waals surface area contributed by atoms with Crippen molar-refractivity contribution in [2.45, 2.75) is 13.5 Å². The van der Waals surface area contributed by atoms with Crippen molar-refractivity contribution in [3.8, 4) is 5.75 Å². The highest BCUT2D eigenvalue weighted by Gasteiger charge is 2.15. The molecular weight excluding hydrogens is 434 g/mol. The second-order valence-electron chi connectivity index (χ2n) is 7.13. The van der Waals surface area contributed by atoms with E-state index in [4.69, 9.17) is 9.57 Å². The van der Waals surface area contributed by atoms with Gasteiger partial charge in [-0.2, -0.15) is 0 Å². The van der Waals surface area contributed by atoms with Crippen molar-refractivity contribution in [2.75, 3.05) is 11.9 Å². The van der Waals surface area contributed by atoms with Gasteiger partial charge in [-0.25, -0.2) is 9.67 Å². The number of hydrogen-bond donors (Lipinski definition) is 1. The summed E-state index contributed by atoms with van der Waals surface area (Å²) >= 11 is 0. The summed E-state index contributed by atoms with van der Waals surface area (Å²) in [5.74, 6) is 1.32. The smallest absolute Gasteiger partial charge is 0.256 e. The van der Waals surface area contributed by atoms with E-state index in [1.807, 2.05) is 37.3 Å². The van der Waals surface area contributed by atoms with Crippen LogP contribution in [0.5, 0.6) is 5.75 Å². The Morgan fingerprint density at radius 3 is 2.50 bits per heavy atom. The summed E-state index contributed by atoms with van der Waals surface area (Å²) in [7, 11) is 1.73. The SMILES string of the molecule is CCOc1ccc(C(=O)Nc2cccc(CO/N=C(/c3ccccc3)c3nnnn3C)n2)cc1. The van der Waals surface area contributed by atoms with Gasteiger partial charge in [0.25, 0.3) is 5.91 Å². The third-order valence-electron chi connectivity index (χ3n) is 4.72. The van der Waals surface area contributed by atoms with E-state index >= 15 is 0 Å². The lowest BCUT2D eigenvalue weighted by molar-refractivity contribution is 0.102. The van der Waals surface area contributed by atoms with E-state index in [1.165, 1.54) is 4.68 Å². The third kappa shape index (κ3) is 5.60. The average molecular weight is 457 g/mol. The van der Waals surface area contributed by atoms with E-state index < -0.39 is 0 Å². The number of carbonyl (C=O) groups is 1. The lowest BCUT2D eigenvalue weighted by Crippen LogP contribution is -2.13. The highest BCUT2D eigenvalue weighted by atomic mass is 16.6. The number of tetrazole rings is 1. The molecule has 0 spiro atoms. The maximum absolute atomic E-state index is 12.6. The number of carbonyl (C=O) groups excluding carboxylic acids is 1. The molecule has 1 N–H and O–H groups in total. The highest BCUT2D eigenvalue weighted by Crippen LogP contribution is 2.14. The van der Waals surface area contributed by atoms with E-state index in [2.05, 4.69) is 31.0 Å². The van der Waals surface area contributed by atoms with E-state index in [9.17, 15) is 4.79 Å². The molecule has 0 saturated heterocycles. The molecule has 0 saturated carbocycles. The number of aryl methyl sites for hydroxylation is 1. The van der Waals surface area contributed by atoms with Crippen molar-refractivity contribution < 1.29 is 14.4 Å². The molecule has 10 nitrogen and oxygen atoms in total. The van der Waals surface area contributed by atoms with Gasteiger partial charge in [-0.15, -0.1) is 5.10 Å². The van der Waals surface area contributed by atoms with Crippen LogP contribution in [0, 0.1) is 0 Å². The van der Waals surface area contributed by atoms with Crippen LogP contribution in [0.15, 0.2) is 78.0 Å². The average Bonchev–Trinajstić information content (AvgIpc) is 3.28. The van der Waals surface area contributed by atoms with Crippen LogP contribution in [0.25, 0.3) is 0 Å². The maximum atomic E-state index is 12.6. The molecule has 172 valence electrons. The summed E-state index contributed by atoms with van der Waals surface area (Å²) in [6, 6.07) is 21.7. The van der Waals surface area contributed by atoms with Gasteiger partial charge in [0.05, 0.1) is 12.3 Å². The van der Waals surface area contributed by atoms with E-state index in [-0.39, 0.29) is 12.5 Å². The fourth-order valence-corrected chi connectivity index (χ4v) is 3.10. The molecule has 34 heavy (non-hydrogen) atoms. The van der Waals surface area contributed by atoms with Crippen molar-refractivity contribution in [1.82, 2.24) is 25.2 Å². The van der Waals surface area contributed by atoms with E-state index in [0.717, 1.165) is 5.56 Å². The number of hydrogen-bond acceptors (Lipinski definition) is 8. The molecule has 0 fully saturated rings. The minimum absolute atomic E-state index is 0.0916. The molecule has 0 aliphatic rings. The van der Waals surface area contributed by atoms with Gasteiger partial charge >= 0.3 is 0 Å². The monoisotopic (exact) mass is 457 g/mol. The van der Waals surface area contributed by atoms with Gasteiger partial charge in [0, 0.05) is 18.2 Å². The predicted molar refractivity (Wildman–Crippen MR) is 125 cm³/mol. The van der Waals surface area contributed by atoms with Crippen LogP contribution in [0.1, 0.15) is 34.4 Å². The maximum Gasteiger partial charge on any atom is 0.256 e. The van der Waals surface area contributed by atoms with Gasteiger partial charge in [-0.05, 0) is 53.7 Å². The van der Waals surface area contributed by atoms with Crippen molar-refractivity contribution in [1.29, 1.82) is 0 Å². The molecule has 10 heteroatoms. The van der Waals surface area contributed by atoms with Gasteiger partial charge in [0.15, 0.2) is 12.3 Å². The Kier molecular flexibility index (Phi) is 7.19. The second-order valence-corrected chi connectivity index (χ2v) is 7.13. The number of benzene rings is 2. The zero-order valence-electron chi connectivity index (χ0n) is 18.8. The minimum Gasteiger partial charge on any atom is -0.494 e. The fraction of sp³-hybridized carbons (Fsp3) is 0.167. The Morgan fingerprint density at radius 1 is 1.00 bits per heavy atom. The quantitative estimate of drug-likeness (QED) is 0.303. The molecule has 1 amide bonds. The molecule has 4 aromatic rings. The Balaban J connectivity index is 1.44. The van der Waals surface area contributed by atoms with Crippen molar-refractivity contribution in [3.05, 3.63) is 95.4 Å². The summed E-state index contributed by atoms with van der Waals surface area (Å²) in [5, 5.41) is 18.6. The molecule has 0 aliphatic carbocycles. The van der Waals surface area contributed by atoms with Gasteiger partial charge < -0.3 is 14.9 Å². The first kappa shape index (κ1) is 22.6. The van der Waals surface area contributed by atoms with Crippen molar-refractivity contribution >= 4 is 17.4 Å². The van der Waals surface area contributed by atoms with Gasteiger partial charge in [0.1, 0.15) is 11.6 Å². The molecule has 0 unspecified atom stereocenters. The first-order valence-electron chi connectivity index (χ1n) is 10.6. The molecule has 2 aromatic heterocycles. The summed E-state index contributed by atoms with van der Waals surface area (Å²) < 4.78 is 6.92. The van der Waals surface area contributed by atoms with Crippen LogP contribution in [0.3, 0.4) is 0 Å². The number of oxime groups is 1. The van der Waals surface area contributed by atoms with Crippen LogP contribution < -0.4 is 10.1 Å². The number of nitrogens with one attached hydrogen (secondary N) is 1. The molecule has 0 atom stereocenters. The summed E-state index contributed by atoms with van der Waals surface area (Å²) in [5.41, 5.74) is 2.40. The number of aromatic nitrogens is 5. The number of pyridine rings is 1. The molecule has 0 radical (unpaired) electrons. The number of anilines is 1. The van der Waals surface area contributed by atoms with Gasteiger partial charge in [-0.1, -0.05) is 41.6 Å². The number of amides is 1. The Hall–Kier alpha value is -4.60. The Morgan fingerprint density at radius 2 is 1.79 bits per heavy atom. The number of nitrogens with zero attached hydrogens (tertiary/aromatic N) is 6. The first-order valence-corrected chi connectivity index (χ1v) is 10.6. The molecule has 2 heterocycles. The molecule has 0 aliphatic heterocycles. The summed E-state index contributed by atoms with van der Waals surface area (Å²) in [6.45, 7) is 2.56. The fourth-order valence-electron chi connectivity index (χ4n) is 3.10. The van der Waals surface area contributed by atoms with Gasteiger partial charge in [0.2, 0.25) is 5.82 Å². The van der Waals surface area contributed by atoms with Crippen LogP contribution in [0.4, 0.5) is 5.82 Å². The molecule has 0 bridgehead atoms. The van der Waals surface area contributed by atoms with Crippen LogP contribution in [0.2, 0.25) is 0 Å². The summed E-state index contributed by atoms with van der Waals surface area (Å²) in [4.78, 5) is 22.6. The minimum atomic E-state index is -0.271. The topological polar surface area (TPSA) is 116 Å². The van der Waals surface area contributed by atoms with Crippen LogP contribution >= 0.6 is 0 Å². The van der Waals surface area contributed by atoms with Crippen molar-refractivity contribution in [2.24, 2.45) is 12.2 Å². The predicted octanol–water partition coefficient (Wildman–Crippen LogP) is 3.23. The lowest BCUT2D eigenvalue weighted by Gasteiger charge is -2.08. The molecule has 4 rings (SSSR count). The largest absolute Gasteiger partial charge is 0.494 e. The standard InChI is InChI=1S/C24H23N7O3/c1-3-33-20-14-12-18(13-15-20)24(32)26-21-11-7-10-19(25-21)16-34-28-22(17-8-5-4-6-9-17)23-27-29-30-31(23)2/h4-15H,3,16H2,1-2H3,(H,25,26,32)/b28-22-. The Bertz CT molecular complexity index is 1270. The third-order valence-corrected chi connectivity index (χ3v) is 4.72.